The average molecular weight is 232 g/mol. The normalized spacial score (nSPS) is 28.5. The lowest BCUT2D eigenvalue weighted by atomic mass is 9.92. The molecule has 0 radical (unpaired) electrons. The topological polar surface area (TPSA) is 35.8 Å². The standard InChI is InChI=1S/C14H20N2O/c1-11-9-16(12(2)8-14(11)15-17)10-13-6-4-3-5-7-13/h3-7,11-12,17H,8-10H2,1-2H3/b15-14-/t11-,12+/m0/s1. The molecule has 0 saturated carbocycles. The number of benzene rings is 1. The van der Waals surface area contributed by atoms with E-state index >= 15 is 0 Å². The molecule has 1 N–H and O–H groups in total. The van der Waals surface area contributed by atoms with Crippen molar-refractivity contribution in [2.45, 2.75) is 32.9 Å². The molecule has 1 aromatic carbocycles. The van der Waals surface area contributed by atoms with Crippen molar-refractivity contribution in [1.82, 2.24) is 4.90 Å². The molecular formula is C14H20N2O. The minimum absolute atomic E-state index is 0.347. The van der Waals surface area contributed by atoms with Crippen LogP contribution in [0.5, 0.6) is 0 Å². The van der Waals surface area contributed by atoms with Crippen LogP contribution >= 0.6 is 0 Å². The van der Waals surface area contributed by atoms with Gasteiger partial charge in [0, 0.05) is 31.5 Å². The molecule has 3 heteroatoms. The first-order chi connectivity index (χ1) is 8.20. The van der Waals surface area contributed by atoms with Crippen LogP contribution in [-0.4, -0.2) is 28.4 Å². The first-order valence-corrected chi connectivity index (χ1v) is 6.19. The highest BCUT2D eigenvalue weighted by Gasteiger charge is 2.27. The summed E-state index contributed by atoms with van der Waals surface area (Å²) >= 11 is 0. The van der Waals surface area contributed by atoms with Crippen molar-refractivity contribution in [1.29, 1.82) is 0 Å². The molecule has 92 valence electrons. The number of rotatable bonds is 2. The number of piperidine rings is 1. The van der Waals surface area contributed by atoms with Crippen molar-refractivity contribution in [3.63, 3.8) is 0 Å². The zero-order valence-electron chi connectivity index (χ0n) is 10.5. The maximum Gasteiger partial charge on any atom is 0.0627 e. The summed E-state index contributed by atoms with van der Waals surface area (Å²) in [4.78, 5) is 2.45. The third-order valence-electron chi connectivity index (χ3n) is 3.56. The van der Waals surface area contributed by atoms with E-state index in [-0.39, 0.29) is 0 Å². The van der Waals surface area contributed by atoms with Gasteiger partial charge in [-0.05, 0) is 12.5 Å². The smallest absolute Gasteiger partial charge is 0.0627 e. The second-order valence-corrected chi connectivity index (χ2v) is 4.96. The van der Waals surface area contributed by atoms with E-state index < -0.39 is 0 Å². The lowest BCUT2D eigenvalue weighted by Gasteiger charge is -2.37. The summed E-state index contributed by atoms with van der Waals surface area (Å²) in [7, 11) is 0. The molecule has 1 saturated heterocycles. The van der Waals surface area contributed by atoms with E-state index in [1.165, 1.54) is 5.56 Å². The molecule has 1 aromatic rings. The van der Waals surface area contributed by atoms with Gasteiger partial charge in [0.15, 0.2) is 0 Å². The molecule has 0 bridgehead atoms. The highest BCUT2D eigenvalue weighted by Crippen LogP contribution is 2.21. The van der Waals surface area contributed by atoms with Crippen LogP contribution < -0.4 is 0 Å². The van der Waals surface area contributed by atoms with E-state index in [9.17, 15) is 0 Å². The maximum absolute atomic E-state index is 8.92. The molecule has 2 atom stereocenters. The van der Waals surface area contributed by atoms with Gasteiger partial charge in [-0.1, -0.05) is 42.4 Å². The van der Waals surface area contributed by atoms with Crippen LogP contribution in [0.25, 0.3) is 0 Å². The second kappa shape index (κ2) is 5.32. The van der Waals surface area contributed by atoms with Crippen molar-refractivity contribution < 1.29 is 5.21 Å². The molecule has 0 amide bonds. The third-order valence-corrected chi connectivity index (χ3v) is 3.56. The first-order valence-electron chi connectivity index (χ1n) is 6.19. The second-order valence-electron chi connectivity index (χ2n) is 4.96. The quantitative estimate of drug-likeness (QED) is 0.628. The van der Waals surface area contributed by atoms with Gasteiger partial charge in [-0.25, -0.2) is 0 Å². The highest BCUT2D eigenvalue weighted by atomic mass is 16.4. The fraction of sp³-hybridized carbons (Fsp3) is 0.500. The van der Waals surface area contributed by atoms with Crippen LogP contribution in [0.4, 0.5) is 0 Å². The number of nitrogens with zero attached hydrogens (tertiary/aromatic N) is 2. The summed E-state index contributed by atoms with van der Waals surface area (Å²) in [5.41, 5.74) is 2.28. The molecule has 1 fully saturated rings. The monoisotopic (exact) mass is 232 g/mol. The zero-order chi connectivity index (χ0) is 12.3. The van der Waals surface area contributed by atoms with Gasteiger partial charge in [0.1, 0.15) is 0 Å². The van der Waals surface area contributed by atoms with Gasteiger partial charge in [-0.15, -0.1) is 0 Å². The van der Waals surface area contributed by atoms with Gasteiger partial charge in [0.05, 0.1) is 5.71 Å². The molecule has 0 aromatic heterocycles. The molecule has 1 aliphatic rings. The molecule has 1 heterocycles. The van der Waals surface area contributed by atoms with E-state index in [1.54, 1.807) is 0 Å². The summed E-state index contributed by atoms with van der Waals surface area (Å²) in [6, 6.07) is 11.0. The van der Waals surface area contributed by atoms with E-state index in [0.717, 1.165) is 25.2 Å². The van der Waals surface area contributed by atoms with Crippen LogP contribution in [-0.2, 0) is 6.54 Å². The summed E-state index contributed by atoms with van der Waals surface area (Å²) < 4.78 is 0. The van der Waals surface area contributed by atoms with Crippen LogP contribution in [0.2, 0.25) is 0 Å². The first kappa shape index (κ1) is 12.1. The minimum Gasteiger partial charge on any atom is -0.411 e. The van der Waals surface area contributed by atoms with Crippen molar-refractivity contribution in [2.75, 3.05) is 6.54 Å². The Morgan fingerprint density at radius 3 is 2.65 bits per heavy atom. The predicted molar refractivity (Wildman–Crippen MR) is 69.3 cm³/mol. The number of hydrogen-bond acceptors (Lipinski definition) is 3. The molecule has 0 unspecified atom stereocenters. The van der Waals surface area contributed by atoms with E-state index in [1.807, 2.05) is 6.07 Å². The lowest BCUT2D eigenvalue weighted by Crippen LogP contribution is -2.44. The molecule has 2 rings (SSSR count). The molecular weight excluding hydrogens is 212 g/mol. The number of hydrogen-bond donors (Lipinski definition) is 1. The van der Waals surface area contributed by atoms with Gasteiger partial charge >= 0.3 is 0 Å². The summed E-state index contributed by atoms with van der Waals surface area (Å²) in [5, 5.41) is 12.3. The van der Waals surface area contributed by atoms with E-state index in [0.29, 0.717) is 12.0 Å². The average Bonchev–Trinajstić information content (AvgIpc) is 2.34. The lowest BCUT2D eigenvalue weighted by molar-refractivity contribution is 0.168. The zero-order valence-corrected chi connectivity index (χ0v) is 10.5. The predicted octanol–water partition coefficient (Wildman–Crippen LogP) is 2.75. The Labute approximate surface area is 103 Å². The third kappa shape index (κ3) is 2.86. The van der Waals surface area contributed by atoms with Crippen molar-refractivity contribution >= 4 is 5.71 Å². The largest absolute Gasteiger partial charge is 0.411 e. The molecule has 1 aliphatic heterocycles. The minimum atomic E-state index is 0.347. The van der Waals surface area contributed by atoms with E-state index in [2.05, 4.69) is 48.2 Å². The summed E-state index contributed by atoms with van der Waals surface area (Å²) in [6.45, 7) is 6.26. The molecule has 0 spiro atoms. The Balaban J connectivity index is 2.03. The van der Waals surface area contributed by atoms with Crippen LogP contribution in [0.15, 0.2) is 35.5 Å². The SMILES string of the molecule is C[C@@H]1C/C(=N/O)[C@@H](C)CN1Cc1ccccc1. The summed E-state index contributed by atoms with van der Waals surface area (Å²) in [5.74, 6) is 0.347. The van der Waals surface area contributed by atoms with E-state index in [4.69, 9.17) is 5.21 Å². The fourth-order valence-electron chi connectivity index (χ4n) is 2.45. The van der Waals surface area contributed by atoms with Gasteiger partial charge in [0.2, 0.25) is 0 Å². The Bertz CT molecular complexity index is 388. The van der Waals surface area contributed by atoms with Gasteiger partial charge in [0.25, 0.3) is 0 Å². The Hall–Kier alpha value is -1.35. The fourth-order valence-corrected chi connectivity index (χ4v) is 2.45. The highest BCUT2D eigenvalue weighted by molar-refractivity contribution is 5.87. The van der Waals surface area contributed by atoms with Gasteiger partial charge in [-0.2, -0.15) is 0 Å². The maximum atomic E-state index is 8.92. The van der Waals surface area contributed by atoms with Gasteiger partial charge < -0.3 is 5.21 Å². The van der Waals surface area contributed by atoms with Crippen molar-refractivity contribution in [3.05, 3.63) is 35.9 Å². The number of likely N-dealkylation sites (tertiary alicyclic amines) is 1. The Morgan fingerprint density at radius 1 is 1.29 bits per heavy atom. The van der Waals surface area contributed by atoms with Gasteiger partial charge in [-0.3, -0.25) is 4.90 Å². The Morgan fingerprint density at radius 2 is 2.00 bits per heavy atom. The van der Waals surface area contributed by atoms with Crippen molar-refractivity contribution in [2.24, 2.45) is 11.1 Å². The van der Waals surface area contributed by atoms with Crippen LogP contribution in [0, 0.1) is 5.92 Å². The summed E-state index contributed by atoms with van der Waals surface area (Å²) in [6.07, 6.45) is 0.866. The Kier molecular flexibility index (Phi) is 3.79. The van der Waals surface area contributed by atoms with Crippen LogP contribution in [0.1, 0.15) is 25.8 Å². The van der Waals surface area contributed by atoms with Crippen LogP contribution in [0.3, 0.4) is 0 Å². The van der Waals surface area contributed by atoms with Crippen molar-refractivity contribution in [3.8, 4) is 0 Å². The number of oxime groups is 1. The molecule has 17 heavy (non-hydrogen) atoms. The molecule has 3 nitrogen and oxygen atoms in total. The molecule has 0 aliphatic carbocycles.